The highest BCUT2D eigenvalue weighted by Gasteiger charge is 2.11. The third-order valence-corrected chi connectivity index (χ3v) is 2.01. The summed E-state index contributed by atoms with van der Waals surface area (Å²) in [5.41, 5.74) is 1.30. The summed E-state index contributed by atoms with van der Waals surface area (Å²) in [5, 5.41) is 9.53. The zero-order valence-corrected chi connectivity index (χ0v) is 8.38. The highest BCUT2D eigenvalue weighted by Crippen LogP contribution is 2.14. The summed E-state index contributed by atoms with van der Waals surface area (Å²) >= 11 is 0. The van der Waals surface area contributed by atoms with Crippen molar-refractivity contribution in [1.29, 1.82) is 0 Å². The second-order valence-electron chi connectivity index (χ2n) is 3.39. The Morgan fingerprint density at radius 1 is 1.50 bits per heavy atom. The first-order chi connectivity index (χ1) is 5.61. The standard InChI is InChI=1S/C11H20O/c1-5-10(11(12)6-2)8-7-9(3)4/h5,7,10-12H,1,6,8H2,2-4H3. The second kappa shape index (κ2) is 6.01. The Bertz CT molecular complexity index is 154. The molecule has 2 atom stereocenters. The zero-order valence-electron chi connectivity index (χ0n) is 8.38. The van der Waals surface area contributed by atoms with Gasteiger partial charge in [-0.3, -0.25) is 0 Å². The average Bonchev–Trinajstić information content (AvgIpc) is 2.04. The molecule has 0 aromatic carbocycles. The molecule has 0 rings (SSSR count). The van der Waals surface area contributed by atoms with Crippen LogP contribution in [0.15, 0.2) is 24.3 Å². The predicted octanol–water partition coefficient (Wildman–Crippen LogP) is 2.92. The van der Waals surface area contributed by atoms with Gasteiger partial charge in [0.05, 0.1) is 6.10 Å². The second-order valence-corrected chi connectivity index (χ2v) is 3.39. The van der Waals surface area contributed by atoms with Crippen LogP contribution in [0.1, 0.15) is 33.6 Å². The topological polar surface area (TPSA) is 20.2 Å². The summed E-state index contributed by atoms with van der Waals surface area (Å²) in [7, 11) is 0. The van der Waals surface area contributed by atoms with E-state index in [9.17, 15) is 5.11 Å². The molecule has 0 aliphatic rings. The molecule has 0 aromatic heterocycles. The van der Waals surface area contributed by atoms with Crippen molar-refractivity contribution < 1.29 is 5.11 Å². The van der Waals surface area contributed by atoms with Gasteiger partial charge in [0.25, 0.3) is 0 Å². The lowest BCUT2D eigenvalue weighted by Crippen LogP contribution is -2.16. The fraction of sp³-hybridized carbons (Fsp3) is 0.636. The summed E-state index contributed by atoms with van der Waals surface area (Å²) in [5.74, 6) is 0.213. The molecule has 0 bridgehead atoms. The maximum absolute atomic E-state index is 9.53. The van der Waals surface area contributed by atoms with Gasteiger partial charge < -0.3 is 5.11 Å². The molecule has 0 fully saturated rings. The average molecular weight is 168 g/mol. The molecular formula is C11H20O. The molecule has 1 heteroatoms. The first-order valence-corrected chi connectivity index (χ1v) is 4.55. The van der Waals surface area contributed by atoms with Crippen molar-refractivity contribution in [1.82, 2.24) is 0 Å². The lowest BCUT2D eigenvalue weighted by Gasteiger charge is -2.16. The van der Waals surface area contributed by atoms with E-state index < -0.39 is 0 Å². The third-order valence-electron chi connectivity index (χ3n) is 2.01. The quantitative estimate of drug-likeness (QED) is 0.626. The minimum absolute atomic E-state index is 0.213. The van der Waals surface area contributed by atoms with Crippen LogP contribution in [0.4, 0.5) is 0 Å². The van der Waals surface area contributed by atoms with Crippen LogP contribution in [0.25, 0.3) is 0 Å². The van der Waals surface area contributed by atoms with Crippen LogP contribution in [0.3, 0.4) is 0 Å². The molecule has 0 spiro atoms. The van der Waals surface area contributed by atoms with Crippen LogP contribution in [-0.4, -0.2) is 11.2 Å². The van der Waals surface area contributed by atoms with Crippen molar-refractivity contribution in [3.8, 4) is 0 Å². The number of aliphatic hydroxyl groups is 1. The summed E-state index contributed by atoms with van der Waals surface area (Å²) in [6, 6.07) is 0. The van der Waals surface area contributed by atoms with Crippen LogP contribution >= 0.6 is 0 Å². The fourth-order valence-corrected chi connectivity index (χ4v) is 1.08. The normalized spacial score (nSPS) is 15.0. The molecule has 1 nitrogen and oxygen atoms in total. The first-order valence-electron chi connectivity index (χ1n) is 4.55. The van der Waals surface area contributed by atoms with E-state index in [0.29, 0.717) is 0 Å². The smallest absolute Gasteiger partial charge is 0.0603 e. The molecular weight excluding hydrogens is 148 g/mol. The van der Waals surface area contributed by atoms with Gasteiger partial charge in [0.15, 0.2) is 0 Å². The minimum Gasteiger partial charge on any atom is -0.393 e. The Balaban J connectivity index is 3.99. The van der Waals surface area contributed by atoms with E-state index in [1.54, 1.807) is 0 Å². The van der Waals surface area contributed by atoms with Crippen molar-refractivity contribution in [2.24, 2.45) is 5.92 Å². The van der Waals surface area contributed by atoms with Gasteiger partial charge in [-0.05, 0) is 26.7 Å². The Morgan fingerprint density at radius 3 is 2.42 bits per heavy atom. The van der Waals surface area contributed by atoms with Gasteiger partial charge in [0.1, 0.15) is 0 Å². The molecule has 0 aromatic rings. The Kier molecular flexibility index (Phi) is 5.73. The molecule has 0 saturated heterocycles. The van der Waals surface area contributed by atoms with E-state index in [1.807, 2.05) is 13.0 Å². The highest BCUT2D eigenvalue weighted by atomic mass is 16.3. The number of allylic oxidation sites excluding steroid dienone is 2. The Hall–Kier alpha value is -0.560. The predicted molar refractivity (Wildman–Crippen MR) is 54.0 cm³/mol. The van der Waals surface area contributed by atoms with Gasteiger partial charge in [-0.1, -0.05) is 24.6 Å². The van der Waals surface area contributed by atoms with E-state index in [4.69, 9.17) is 0 Å². The van der Waals surface area contributed by atoms with Crippen LogP contribution in [0.5, 0.6) is 0 Å². The summed E-state index contributed by atoms with van der Waals surface area (Å²) in [4.78, 5) is 0. The van der Waals surface area contributed by atoms with Gasteiger partial charge in [-0.2, -0.15) is 0 Å². The third kappa shape index (κ3) is 4.35. The summed E-state index contributed by atoms with van der Waals surface area (Å²) < 4.78 is 0. The highest BCUT2D eigenvalue weighted by molar-refractivity contribution is 4.98. The molecule has 0 aliphatic carbocycles. The number of hydrogen-bond acceptors (Lipinski definition) is 1. The molecule has 0 aliphatic heterocycles. The maximum Gasteiger partial charge on any atom is 0.0603 e. The minimum atomic E-state index is -0.238. The van der Waals surface area contributed by atoms with Crippen molar-refractivity contribution >= 4 is 0 Å². The van der Waals surface area contributed by atoms with E-state index >= 15 is 0 Å². The molecule has 0 amide bonds. The number of hydrogen-bond donors (Lipinski definition) is 1. The van der Waals surface area contributed by atoms with Gasteiger partial charge in [0.2, 0.25) is 0 Å². The lowest BCUT2D eigenvalue weighted by molar-refractivity contribution is 0.127. The Labute approximate surface area is 75.8 Å². The van der Waals surface area contributed by atoms with Crippen molar-refractivity contribution in [2.75, 3.05) is 0 Å². The Morgan fingerprint density at radius 2 is 2.08 bits per heavy atom. The van der Waals surface area contributed by atoms with Crippen LogP contribution in [0.2, 0.25) is 0 Å². The molecule has 0 saturated carbocycles. The zero-order chi connectivity index (χ0) is 9.56. The van der Waals surface area contributed by atoms with Crippen LogP contribution in [0, 0.1) is 5.92 Å². The first kappa shape index (κ1) is 11.4. The fourth-order valence-electron chi connectivity index (χ4n) is 1.08. The maximum atomic E-state index is 9.53. The monoisotopic (exact) mass is 168 g/mol. The molecule has 0 radical (unpaired) electrons. The van der Waals surface area contributed by atoms with Gasteiger partial charge in [0, 0.05) is 5.92 Å². The molecule has 2 unspecified atom stereocenters. The van der Waals surface area contributed by atoms with Gasteiger partial charge >= 0.3 is 0 Å². The van der Waals surface area contributed by atoms with E-state index in [-0.39, 0.29) is 12.0 Å². The van der Waals surface area contributed by atoms with Gasteiger partial charge in [-0.25, -0.2) is 0 Å². The van der Waals surface area contributed by atoms with Crippen molar-refractivity contribution in [3.05, 3.63) is 24.3 Å². The van der Waals surface area contributed by atoms with Crippen molar-refractivity contribution in [2.45, 2.75) is 39.7 Å². The molecule has 12 heavy (non-hydrogen) atoms. The summed E-state index contributed by atoms with van der Waals surface area (Å²) in [6.07, 6.45) is 5.45. The SMILES string of the molecule is C=CC(CC=C(C)C)C(O)CC. The molecule has 1 N–H and O–H groups in total. The number of aliphatic hydroxyl groups excluding tert-OH is 1. The lowest BCUT2D eigenvalue weighted by atomic mass is 9.96. The molecule has 70 valence electrons. The summed E-state index contributed by atoms with van der Waals surface area (Å²) in [6.45, 7) is 9.84. The van der Waals surface area contributed by atoms with Gasteiger partial charge in [-0.15, -0.1) is 6.58 Å². The van der Waals surface area contributed by atoms with Crippen LogP contribution in [-0.2, 0) is 0 Å². The van der Waals surface area contributed by atoms with Crippen molar-refractivity contribution in [3.63, 3.8) is 0 Å². The van der Waals surface area contributed by atoms with E-state index in [0.717, 1.165) is 12.8 Å². The van der Waals surface area contributed by atoms with E-state index in [1.165, 1.54) is 5.57 Å². The van der Waals surface area contributed by atoms with Crippen LogP contribution < -0.4 is 0 Å². The largest absolute Gasteiger partial charge is 0.393 e. The van der Waals surface area contributed by atoms with E-state index in [2.05, 4.69) is 26.5 Å². The number of rotatable bonds is 5. The molecule has 0 heterocycles.